The van der Waals surface area contributed by atoms with Gasteiger partial charge in [0.25, 0.3) is 0 Å². The molecule has 0 aromatic carbocycles. The van der Waals surface area contributed by atoms with E-state index in [1.165, 1.54) is 10.6 Å². The SMILES string of the molecule is O=C(NCO[PH](=O)OCNC(=O)C(F)(F)F)C(F)(F)F. The third-order valence-electron chi connectivity index (χ3n) is 1.36. The lowest BCUT2D eigenvalue weighted by Gasteiger charge is -2.10. The lowest BCUT2D eigenvalue weighted by molar-refractivity contribution is -0.174. The van der Waals surface area contributed by atoms with Crippen molar-refractivity contribution in [1.29, 1.82) is 0 Å². The maximum Gasteiger partial charge on any atom is 0.471 e. The van der Waals surface area contributed by atoms with Crippen LogP contribution in [0.1, 0.15) is 0 Å². The lowest BCUT2D eigenvalue weighted by Crippen LogP contribution is -2.38. The highest BCUT2D eigenvalue weighted by molar-refractivity contribution is 7.33. The van der Waals surface area contributed by atoms with E-state index < -0.39 is 45.9 Å². The molecule has 7 nitrogen and oxygen atoms in total. The third kappa shape index (κ3) is 7.96. The van der Waals surface area contributed by atoms with Crippen molar-refractivity contribution in [1.82, 2.24) is 10.6 Å². The minimum Gasteiger partial charge on any atom is -0.325 e. The highest BCUT2D eigenvalue weighted by Crippen LogP contribution is 2.22. The van der Waals surface area contributed by atoms with Gasteiger partial charge in [0.1, 0.15) is 13.5 Å². The maximum absolute atomic E-state index is 11.7. The van der Waals surface area contributed by atoms with Gasteiger partial charge < -0.3 is 10.6 Å². The van der Waals surface area contributed by atoms with Gasteiger partial charge in [0, 0.05) is 0 Å². The summed E-state index contributed by atoms with van der Waals surface area (Å²) in [6.07, 6.45) is -10.3. The predicted octanol–water partition coefficient (Wildman–Crippen LogP) is 0.681. The van der Waals surface area contributed by atoms with Crippen molar-refractivity contribution in [3.63, 3.8) is 0 Å². The number of hydrogen-bond donors (Lipinski definition) is 2. The average Bonchev–Trinajstić information content (AvgIpc) is 2.26. The number of carbonyl (C=O) groups excluding carboxylic acids is 2. The normalized spacial score (nSPS) is 12.3. The molecular formula is C6H7F6N2O5P. The molecule has 2 amide bonds. The molecule has 0 aromatic heterocycles. The van der Waals surface area contributed by atoms with Crippen molar-refractivity contribution < 1.29 is 49.5 Å². The molecule has 0 aliphatic heterocycles. The van der Waals surface area contributed by atoms with Crippen LogP contribution in [-0.4, -0.2) is 37.6 Å². The molecular weight excluding hydrogens is 325 g/mol. The Morgan fingerprint density at radius 1 is 0.850 bits per heavy atom. The van der Waals surface area contributed by atoms with Gasteiger partial charge in [0.05, 0.1) is 0 Å². The summed E-state index contributed by atoms with van der Waals surface area (Å²) < 4.78 is 88.8. The van der Waals surface area contributed by atoms with E-state index >= 15 is 0 Å². The standard InChI is InChI=1S/C6H7F6N2O5P/c7-5(8,9)3(15)13-1-18-20(17)19-2-14-4(16)6(10,11)12/h20H,1-2H2,(H,13,15)(H,14,16). The van der Waals surface area contributed by atoms with Crippen molar-refractivity contribution in [3.8, 4) is 0 Å². The summed E-state index contributed by atoms with van der Waals surface area (Å²) in [7, 11) is -3.48. The number of hydrogen-bond acceptors (Lipinski definition) is 5. The van der Waals surface area contributed by atoms with Crippen molar-refractivity contribution in [2.24, 2.45) is 0 Å². The van der Waals surface area contributed by atoms with Gasteiger partial charge in [-0.2, -0.15) is 26.3 Å². The highest BCUT2D eigenvalue weighted by Gasteiger charge is 2.39. The van der Waals surface area contributed by atoms with Gasteiger partial charge in [-0.05, 0) is 0 Å². The second kappa shape index (κ2) is 7.45. The van der Waals surface area contributed by atoms with E-state index in [1.807, 2.05) is 0 Å². The van der Waals surface area contributed by atoms with E-state index in [-0.39, 0.29) is 0 Å². The summed E-state index contributed by atoms with van der Waals surface area (Å²) in [5.74, 6) is -4.73. The Morgan fingerprint density at radius 2 is 1.15 bits per heavy atom. The quantitative estimate of drug-likeness (QED) is 0.424. The van der Waals surface area contributed by atoms with Crippen LogP contribution in [-0.2, 0) is 23.2 Å². The largest absolute Gasteiger partial charge is 0.471 e. The topological polar surface area (TPSA) is 93.7 Å². The first-order valence-corrected chi connectivity index (χ1v) is 5.66. The van der Waals surface area contributed by atoms with Crippen molar-refractivity contribution in [2.45, 2.75) is 12.4 Å². The van der Waals surface area contributed by atoms with Crippen LogP contribution in [0, 0.1) is 0 Å². The Balaban J connectivity index is 3.82. The molecule has 0 aliphatic rings. The van der Waals surface area contributed by atoms with Gasteiger partial charge in [0.2, 0.25) is 0 Å². The smallest absolute Gasteiger partial charge is 0.325 e. The Labute approximate surface area is 107 Å². The number of halogens is 6. The predicted molar refractivity (Wildman–Crippen MR) is 49.3 cm³/mol. The van der Waals surface area contributed by atoms with Crippen LogP contribution in [0.3, 0.4) is 0 Å². The van der Waals surface area contributed by atoms with E-state index in [1.54, 1.807) is 0 Å². The third-order valence-corrected chi connectivity index (χ3v) is 2.12. The Hall–Kier alpha value is -1.33. The Kier molecular flexibility index (Phi) is 6.96. The summed E-state index contributed by atoms with van der Waals surface area (Å²) in [6.45, 7) is -2.27. The van der Waals surface area contributed by atoms with Crippen molar-refractivity contribution >= 4 is 20.1 Å². The molecule has 0 radical (unpaired) electrons. The first-order chi connectivity index (χ1) is 8.94. The van der Waals surface area contributed by atoms with Crippen LogP contribution in [0.5, 0.6) is 0 Å². The van der Waals surface area contributed by atoms with E-state index in [4.69, 9.17) is 0 Å². The minimum absolute atomic E-state index is 1.14. The number of amides is 2. The van der Waals surface area contributed by atoms with Crippen LogP contribution in [0.4, 0.5) is 26.3 Å². The molecule has 20 heavy (non-hydrogen) atoms. The fraction of sp³-hybridized carbons (Fsp3) is 0.667. The summed E-state index contributed by atoms with van der Waals surface area (Å²) in [6, 6.07) is 0. The second-order valence-electron chi connectivity index (χ2n) is 2.83. The zero-order valence-electron chi connectivity index (χ0n) is 9.22. The number of rotatable bonds is 6. The fourth-order valence-corrected chi connectivity index (χ4v) is 1.03. The van der Waals surface area contributed by atoms with E-state index in [0.29, 0.717) is 0 Å². The number of carbonyl (C=O) groups is 2. The Bertz CT molecular complexity index is 349. The second-order valence-corrected chi connectivity index (χ2v) is 3.91. The molecule has 0 spiro atoms. The first-order valence-electron chi connectivity index (χ1n) is 4.44. The molecule has 0 saturated heterocycles. The first kappa shape index (κ1) is 18.7. The van der Waals surface area contributed by atoms with Gasteiger partial charge in [-0.1, -0.05) is 0 Å². The van der Waals surface area contributed by atoms with Gasteiger partial charge in [-0.25, -0.2) is 0 Å². The zero-order chi connectivity index (χ0) is 16.0. The highest BCUT2D eigenvalue weighted by atomic mass is 31.1. The van der Waals surface area contributed by atoms with Crippen molar-refractivity contribution in [3.05, 3.63) is 0 Å². The molecule has 0 atom stereocenters. The lowest BCUT2D eigenvalue weighted by atomic mass is 10.6. The van der Waals surface area contributed by atoms with Crippen molar-refractivity contribution in [2.75, 3.05) is 13.5 Å². The molecule has 0 rings (SSSR count). The Morgan fingerprint density at radius 3 is 1.40 bits per heavy atom. The summed E-state index contributed by atoms with van der Waals surface area (Å²) in [4.78, 5) is 20.5. The average molecular weight is 332 g/mol. The van der Waals surface area contributed by atoms with Crippen LogP contribution in [0.2, 0.25) is 0 Å². The molecule has 0 unspecified atom stereocenters. The molecule has 0 aromatic rings. The number of nitrogens with one attached hydrogen (secondary N) is 2. The van der Waals surface area contributed by atoms with Crippen LogP contribution in [0.25, 0.3) is 0 Å². The molecule has 0 aliphatic carbocycles. The molecule has 0 bridgehead atoms. The zero-order valence-corrected chi connectivity index (χ0v) is 10.2. The van der Waals surface area contributed by atoms with E-state index in [2.05, 4.69) is 9.05 Å². The molecule has 0 saturated carbocycles. The summed E-state index contributed by atoms with van der Waals surface area (Å²) in [5, 5.41) is 2.34. The molecule has 0 heterocycles. The number of alkyl halides is 6. The van der Waals surface area contributed by atoms with Gasteiger partial charge >= 0.3 is 32.4 Å². The minimum atomic E-state index is -5.17. The van der Waals surface area contributed by atoms with Crippen LogP contribution < -0.4 is 10.6 Å². The van der Waals surface area contributed by atoms with Gasteiger partial charge in [-0.15, -0.1) is 0 Å². The fourth-order valence-electron chi connectivity index (χ4n) is 0.563. The summed E-state index contributed by atoms with van der Waals surface area (Å²) in [5.41, 5.74) is 0. The molecule has 14 heteroatoms. The maximum atomic E-state index is 11.7. The molecule has 118 valence electrons. The van der Waals surface area contributed by atoms with Crippen LogP contribution >= 0.6 is 8.25 Å². The summed E-state index contributed by atoms with van der Waals surface area (Å²) >= 11 is 0. The van der Waals surface area contributed by atoms with E-state index in [9.17, 15) is 40.5 Å². The van der Waals surface area contributed by atoms with Gasteiger partial charge in [0.15, 0.2) is 0 Å². The monoisotopic (exact) mass is 332 g/mol. The van der Waals surface area contributed by atoms with E-state index in [0.717, 1.165) is 0 Å². The molecule has 0 fully saturated rings. The van der Waals surface area contributed by atoms with Gasteiger partial charge in [-0.3, -0.25) is 23.2 Å². The molecule has 2 N–H and O–H groups in total. The van der Waals surface area contributed by atoms with Crippen LogP contribution in [0.15, 0.2) is 0 Å².